The van der Waals surface area contributed by atoms with Crippen LogP contribution in [0.15, 0.2) is 35.4 Å². The molecule has 1 N–H and O–H groups in total. The van der Waals surface area contributed by atoms with Crippen molar-refractivity contribution in [2.24, 2.45) is 5.10 Å². The Balaban J connectivity index is 1.50. The van der Waals surface area contributed by atoms with Gasteiger partial charge in [0.05, 0.1) is 6.61 Å². The third-order valence-corrected chi connectivity index (χ3v) is 6.54. The molecular weight excluding hydrogens is 431 g/mol. The lowest BCUT2D eigenvalue weighted by Gasteiger charge is -2.25. The van der Waals surface area contributed by atoms with Crippen molar-refractivity contribution in [3.63, 3.8) is 0 Å². The van der Waals surface area contributed by atoms with Crippen LogP contribution in [0.1, 0.15) is 67.7 Å². The van der Waals surface area contributed by atoms with Gasteiger partial charge >= 0.3 is 6.03 Å². The predicted octanol–water partition coefficient (Wildman–Crippen LogP) is 5.87. The predicted molar refractivity (Wildman–Crippen MR) is 134 cm³/mol. The summed E-state index contributed by atoms with van der Waals surface area (Å²) in [6.45, 7) is 10.1. The zero-order chi connectivity index (χ0) is 24.4. The average molecular weight is 467 g/mol. The first kappa shape index (κ1) is 24.0. The first-order valence-electron chi connectivity index (χ1n) is 12.1. The molecule has 1 unspecified atom stereocenters. The summed E-state index contributed by atoms with van der Waals surface area (Å²) in [5.41, 5.74) is 4.42. The van der Waals surface area contributed by atoms with Crippen LogP contribution < -0.4 is 10.1 Å². The van der Waals surface area contributed by atoms with Gasteiger partial charge in [-0.05, 0) is 79.1 Å². The third-order valence-electron chi connectivity index (χ3n) is 6.54. The summed E-state index contributed by atoms with van der Waals surface area (Å²) in [5, 5.41) is 8.90. The number of anilines is 1. The van der Waals surface area contributed by atoms with E-state index < -0.39 is 0 Å². The number of benzene rings is 2. The second-order valence-electron chi connectivity index (χ2n) is 9.64. The van der Waals surface area contributed by atoms with E-state index in [1.54, 1.807) is 23.4 Å². The highest BCUT2D eigenvalue weighted by Crippen LogP contribution is 2.34. The molecule has 1 atom stereocenters. The third kappa shape index (κ3) is 5.34. The summed E-state index contributed by atoms with van der Waals surface area (Å²) in [5.74, 6) is 0.826. The van der Waals surface area contributed by atoms with Gasteiger partial charge in [-0.25, -0.2) is 9.18 Å². The Morgan fingerprint density at radius 1 is 1.29 bits per heavy atom. The van der Waals surface area contributed by atoms with Gasteiger partial charge in [-0.1, -0.05) is 19.9 Å². The van der Waals surface area contributed by atoms with Crippen LogP contribution in [0.5, 0.6) is 5.75 Å². The summed E-state index contributed by atoms with van der Waals surface area (Å²) in [4.78, 5) is 15.1. The lowest BCUT2D eigenvalue weighted by atomic mass is 9.96. The normalized spacial score (nSPS) is 17.4. The number of carbonyl (C=O) groups excluding carboxylic acids is 1. The number of nitrogens with zero attached hydrogens (tertiary/aromatic N) is 3. The number of rotatable bonds is 8. The van der Waals surface area contributed by atoms with Crippen molar-refractivity contribution in [2.45, 2.75) is 65.0 Å². The van der Waals surface area contributed by atoms with E-state index in [0.717, 1.165) is 35.3 Å². The Morgan fingerprint density at radius 3 is 2.65 bits per heavy atom. The molecule has 1 heterocycles. The smallest absolute Gasteiger partial charge is 0.322 e. The summed E-state index contributed by atoms with van der Waals surface area (Å²) >= 11 is 0. The average Bonchev–Trinajstić information content (AvgIpc) is 3.53. The van der Waals surface area contributed by atoms with Crippen molar-refractivity contribution in [3.8, 4) is 5.75 Å². The van der Waals surface area contributed by atoms with E-state index >= 15 is 0 Å². The van der Waals surface area contributed by atoms with Gasteiger partial charge in [0.1, 0.15) is 11.6 Å². The Morgan fingerprint density at radius 2 is 2.06 bits per heavy atom. The van der Waals surface area contributed by atoms with Gasteiger partial charge in [-0.2, -0.15) is 5.10 Å². The van der Waals surface area contributed by atoms with Crippen LogP contribution >= 0.6 is 0 Å². The quantitative estimate of drug-likeness (QED) is 0.530. The second-order valence-corrected chi connectivity index (χ2v) is 9.64. The van der Waals surface area contributed by atoms with Crippen molar-refractivity contribution in [2.75, 3.05) is 25.5 Å². The molecule has 1 saturated carbocycles. The fourth-order valence-corrected chi connectivity index (χ4v) is 4.44. The minimum Gasteiger partial charge on any atom is -0.494 e. The molecule has 4 rings (SSSR count). The largest absolute Gasteiger partial charge is 0.494 e. The maximum Gasteiger partial charge on any atom is 0.322 e. The minimum atomic E-state index is -0.327. The zero-order valence-electron chi connectivity index (χ0n) is 20.8. The van der Waals surface area contributed by atoms with Crippen molar-refractivity contribution in [1.82, 2.24) is 9.91 Å². The van der Waals surface area contributed by atoms with Crippen LogP contribution in [0.3, 0.4) is 0 Å². The number of likely N-dealkylation sites (N-methyl/N-ethyl adjacent to an activating group) is 1. The summed E-state index contributed by atoms with van der Waals surface area (Å²) in [6.07, 6.45) is 3.74. The summed E-state index contributed by atoms with van der Waals surface area (Å²) in [6, 6.07) is 9.18. The molecule has 1 aliphatic carbocycles. The molecule has 0 bridgehead atoms. The fraction of sp³-hybridized carbons (Fsp3) is 0.481. The number of ether oxygens (including phenoxy) is 1. The van der Waals surface area contributed by atoms with Crippen molar-refractivity contribution in [3.05, 3.63) is 58.4 Å². The number of nitrogens with one attached hydrogen (secondary N) is 1. The number of hydrazone groups is 1. The molecule has 2 amide bonds. The summed E-state index contributed by atoms with van der Waals surface area (Å²) < 4.78 is 20.7. The van der Waals surface area contributed by atoms with Gasteiger partial charge in [0.25, 0.3) is 0 Å². The van der Waals surface area contributed by atoms with Crippen LogP contribution in [-0.2, 0) is 6.54 Å². The van der Waals surface area contributed by atoms with Crippen LogP contribution in [0.4, 0.5) is 14.9 Å². The van der Waals surface area contributed by atoms with E-state index in [2.05, 4.69) is 43.3 Å². The molecule has 7 heteroatoms. The molecule has 2 aromatic carbocycles. The molecule has 1 fully saturated rings. The van der Waals surface area contributed by atoms with E-state index in [1.165, 1.54) is 6.07 Å². The minimum absolute atomic E-state index is 0.0736. The zero-order valence-corrected chi connectivity index (χ0v) is 20.8. The van der Waals surface area contributed by atoms with Crippen molar-refractivity contribution < 1.29 is 13.9 Å². The van der Waals surface area contributed by atoms with Crippen molar-refractivity contribution >= 4 is 17.9 Å². The lowest BCUT2D eigenvalue weighted by molar-refractivity contribution is 0.206. The van der Waals surface area contributed by atoms with Gasteiger partial charge < -0.3 is 15.0 Å². The SMILES string of the molecule is CCOc1cc(C)c(CN(C(=O)Nc2ccc(C3C=NN(C)C3)c(F)c2)C2CC2)cc1C(C)C. The van der Waals surface area contributed by atoms with Gasteiger partial charge in [0, 0.05) is 44.0 Å². The number of halogens is 1. The van der Waals surface area contributed by atoms with Crippen LogP contribution in [0.2, 0.25) is 0 Å². The number of aryl methyl sites for hydroxylation is 1. The van der Waals surface area contributed by atoms with Gasteiger partial charge in [0.2, 0.25) is 0 Å². The molecule has 1 aliphatic heterocycles. The standard InChI is InChI=1S/C27H35FN4O2/c1-6-34-26-11-18(4)19(12-24(26)17(2)3)16-32(22-8-9-22)27(33)30-21-7-10-23(25(28)13-21)20-14-29-31(5)15-20/h7,10-14,17,20,22H,6,8-9,15-16H2,1-5H3,(H,30,33). The molecule has 0 aromatic heterocycles. The molecule has 2 aliphatic rings. The summed E-state index contributed by atoms with van der Waals surface area (Å²) in [7, 11) is 1.87. The molecule has 6 nitrogen and oxygen atoms in total. The molecule has 182 valence electrons. The first-order chi connectivity index (χ1) is 16.3. The maximum atomic E-state index is 14.8. The number of urea groups is 1. The van der Waals surface area contributed by atoms with Crippen LogP contribution in [0.25, 0.3) is 0 Å². The number of amides is 2. The van der Waals surface area contributed by atoms with Gasteiger partial charge in [-0.15, -0.1) is 0 Å². The topological polar surface area (TPSA) is 57.2 Å². The van der Waals surface area contributed by atoms with E-state index in [4.69, 9.17) is 4.74 Å². The molecule has 34 heavy (non-hydrogen) atoms. The lowest BCUT2D eigenvalue weighted by Crippen LogP contribution is -2.36. The number of carbonyl (C=O) groups is 1. The van der Waals surface area contributed by atoms with E-state index in [1.807, 2.05) is 18.9 Å². The first-order valence-corrected chi connectivity index (χ1v) is 12.1. The Hall–Kier alpha value is -3.09. The highest BCUT2D eigenvalue weighted by atomic mass is 19.1. The van der Waals surface area contributed by atoms with Crippen LogP contribution in [-0.4, -0.2) is 48.4 Å². The number of hydrogen-bond donors (Lipinski definition) is 1. The van der Waals surface area contributed by atoms with E-state index in [-0.39, 0.29) is 23.8 Å². The highest BCUT2D eigenvalue weighted by molar-refractivity contribution is 5.90. The fourth-order valence-electron chi connectivity index (χ4n) is 4.44. The molecule has 2 aromatic rings. The van der Waals surface area contributed by atoms with Gasteiger partial charge in [-0.3, -0.25) is 5.01 Å². The Kier molecular flexibility index (Phi) is 7.10. The molecule has 0 saturated heterocycles. The molecule has 0 radical (unpaired) electrons. The van der Waals surface area contributed by atoms with Crippen molar-refractivity contribution in [1.29, 1.82) is 0 Å². The maximum absolute atomic E-state index is 14.8. The second kappa shape index (κ2) is 10.0. The van der Waals surface area contributed by atoms with E-state index in [0.29, 0.717) is 36.9 Å². The Labute approximate surface area is 201 Å². The number of hydrogen-bond acceptors (Lipinski definition) is 4. The molecular formula is C27H35FN4O2. The van der Waals surface area contributed by atoms with Crippen LogP contribution in [0, 0.1) is 12.7 Å². The highest BCUT2D eigenvalue weighted by Gasteiger charge is 2.33. The Bertz CT molecular complexity index is 1080. The van der Waals surface area contributed by atoms with E-state index in [9.17, 15) is 9.18 Å². The van der Waals surface area contributed by atoms with Gasteiger partial charge in [0.15, 0.2) is 0 Å². The molecule has 0 spiro atoms. The monoisotopic (exact) mass is 466 g/mol.